The maximum Gasteiger partial charge on any atom is 0.0900 e. The monoisotopic (exact) mass is 281 g/mol. The molecule has 18 heavy (non-hydrogen) atoms. The molecule has 1 unspecified atom stereocenters. The molecule has 0 bridgehead atoms. The van der Waals surface area contributed by atoms with Gasteiger partial charge in [0.2, 0.25) is 0 Å². The highest BCUT2D eigenvalue weighted by Crippen LogP contribution is 2.28. The van der Waals surface area contributed by atoms with Crippen molar-refractivity contribution in [1.82, 2.24) is 10.4 Å². The predicted octanol–water partition coefficient (Wildman–Crippen LogP) is 3.16. The van der Waals surface area contributed by atoms with Crippen LogP contribution in [0.15, 0.2) is 24.3 Å². The summed E-state index contributed by atoms with van der Waals surface area (Å²) in [6.07, 6.45) is 0.763. The van der Waals surface area contributed by atoms with Gasteiger partial charge in [-0.2, -0.15) is 0 Å². The van der Waals surface area contributed by atoms with Crippen LogP contribution in [-0.4, -0.2) is 4.98 Å². The molecule has 1 heterocycles. The molecule has 0 saturated heterocycles. The average molecular weight is 282 g/mol. The molecule has 3 N–H and O–H groups in total. The zero-order valence-corrected chi connectivity index (χ0v) is 12.0. The van der Waals surface area contributed by atoms with E-state index >= 15 is 0 Å². The highest BCUT2D eigenvalue weighted by Gasteiger charge is 2.17. The summed E-state index contributed by atoms with van der Waals surface area (Å²) in [5, 5.41) is 1.83. The minimum atomic E-state index is 0.0519. The summed E-state index contributed by atoms with van der Waals surface area (Å²) in [4.78, 5) is 5.61. The average Bonchev–Trinajstić information content (AvgIpc) is 2.67. The fourth-order valence-electron chi connectivity index (χ4n) is 1.98. The van der Waals surface area contributed by atoms with Crippen LogP contribution in [0.4, 0.5) is 0 Å². The molecule has 0 fully saturated rings. The maximum atomic E-state index is 6.18. The van der Waals surface area contributed by atoms with Crippen LogP contribution in [-0.2, 0) is 6.42 Å². The molecule has 0 saturated carbocycles. The lowest BCUT2D eigenvalue weighted by Crippen LogP contribution is -2.29. The van der Waals surface area contributed by atoms with Crippen LogP contribution in [0.5, 0.6) is 0 Å². The van der Waals surface area contributed by atoms with Gasteiger partial charge in [0.1, 0.15) is 0 Å². The normalized spacial score (nSPS) is 12.7. The number of halogens is 1. The summed E-state index contributed by atoms with van der Waals surface area (Å²) in [6.45, 7) is 4.01. The van der Waals surface area contributed by atoms with Crippen LogP contribution in [0, 0.1) is 13.8 Å². The van der Waals surface area contributed by atoms with Gasteiger partial charge in [0, 0.05) is 9.90 Å². The highest BCUT2D eigenvalue weighted by molar-refractivity contribution is 7.11. The number of nitrogens with one attached hydrogen (secondary N) is 1. The summed E-state index contributed by atoms with van der Waals surface area (Å²) in [5.74, 6) is 5.67. The molecule has 0 amide bonds. The van der Waals surface area contributed by atoms with Crippen LogP contribution >= 0.6 is 22.9 Å². The SMILES string of the molecule is Cc1nc(C)c(C(Cc2ccccc2Cl)NN)s1. The van der Waals surface area contributed by atoms with E-state index in [1.54, 1.807) is 11.3 Å². The van der Waals surface area contributed by atoms with Gasteiger partial charge in [-0.15, -0.1) is 11.3 Å². The van der Waals surface area contributed by atoms with Crippen molar-refractivity contribution in [3.8, 4) is 0 Å². The van der Waals surface area contributed by atoms with Crippen LogP contribution in [0.3, 0.4) is 0 Å². The molecule has 0 radical (unpaired) electrons. The van der Waals surface area contributed by atoms with Gasteiger partial charge < -0.3 is 0 Å². The Morgan fingerprint density at radius 3 is 2.67 bits per heavy atom. The van der Waals surface area contributed by atoms with E-state index in [-0.39, 0.29) is 6.04 Å². The first-order chi connectivity index (χ1) is 8.61. The largest absolute Gasteiger partial charge is 0.271 e. The molecule has 2 rings (SSSR count). The van der Waals surface area contributed by atoms with E-state index in [9.17, 15) is 0 Å². The Hall–Kier alpha value is -0.940. The van der Waals surface area contributed by atoms with Gasteiger partial charge in [-0.3, -0.25) is 11.3 Å². The first kappa shape index (κ1) is 13.5. The lowest BCUT2D eigenvalue weighted by molar-refractivity contribution is 0.557. The smallest absolute Gasteiger partial charge is 0.0900 e. The van der Waals surface area contributed by atoms with Crippen molar-refractivity contribution in [2.45, 2.75) is 26.3 Å². The number of aromatic nitrogens is 1. The number of nitrogens with two attached hydrogens (primary N) is 1. The van der Waals surface area contributed by atoms with Crippen molar-refractivity contribution in [2.75, 3.05) is 0 Å². The molecule has 96 valence electrons. The second-order valence-corrected chi connectivity index (χ2v) is 5.84. The van der Waals surface area contributed by atoms with Crippen LogP contribution in [0.1, 0.15) is 27.2 Å². The minimum Gasteiger partial charge on any atom is -0.271 e. The predicted molar refractivity (Wildman–Crippen MR) is 76.8 cm³/mol. The van der Waals surface area contributed by atoms with Crippen molar-refractivity contribution in [1.29, 1.82) is 0 Å². The number of hydrogen-bond acceptors (Lipinski definition) is 4. The molecule has 0 aliphatic rings. The van der Waals surface area contributed by atoms with Gasteiger partial charge in [0.05, 0.1) is 16.7 Å². The zero-order chi connectivity index (χ0) is 13.1. The van der Waals surface area contributed by atoms with E-state index < -0.39 is 0 Å². The van der Waals surface area contributed by atoms with E-state index in [1.807, 2.05) is 38.1 Å². The Labute approximate surface area is 116 Å². The third-order valence-electron chi connectivity index (χ3n) is 2.84. The Bertz CT molecular complexity index is 539. The Morgan fingerprint density at radius 1 is 1.39 bits per heavy atom. The number of benzene rings is 1. The molecule has 0 aliphatic heterocycles. The van der Waals surface area contributed by atoms with Crippen molar-refractivity contribution in [2.24, 2.45) is 5.84 Å². The maximum absolute atomic E-state index is 6.18. The van der Waals surface area contributed by atoms with Gasteiger partial charge in [-0.1, -0.05) is 29.8 Å². The summed E-state index contributed by atoms with van der Waals surface area (Å²) >= 11 is 7.85. The second kappa shape index (κ2) is 5.80. The third-order valence-corrected chi connectivity index (χ3v) is 4.39. The number of aryl methyl sites for hydroxylation is 2. The quantitative estimate of drug-likeness (QED) is 0.669. The molecule has 5 heteroatoms. The van der Waals surface area contributed by atoms with E-state index in [4.69, 9.17) is 17.4 Å². The molecular weight excluding hydrogens is 266 g/mol. The first-order valence-corrected chi connectivity index (χ1v) is 6.94. The molecule has 0 spiro atoms. The summed E-state index contributed by atoms with van der Waals surface area (Å²) in [7, 11) is 0. The van der Waals surface area contributed by atoms with Crippen molar-refractivity contribution in [3.05, 3.63) is 50.4 Å². The third kappa shape index (κ3) is 2.90. The Kier molecular flexibility index (Phi) is 4.35. The van der Waals surface area contributed by atoms with Crippen molar-refractivity contribution < 1.29 is 0 Å². The van der Waals surface area contributed by atoms with Crippen molar-refractivity contribution in [3.63, 3.8) is 0 Å². The number of thiazole rings is 1. The van der Waals surface area contributed by atoms with Crippen LogP contribution < -0.4 is 11.3 Å². The Balaban J connectivity index is 2.25. The van der Waals surface area contributed by atoms with Gasteiger partial charge >= 0.3 is 0 Å². The number of hydrazine groups is 1. The summed E-state index contributed by atoms with van der Waals surface area (Å²) in [6, 6.07) is 7.89. The molecule has 2 aromatic rings. The van der Waals surface area contributed by atoms with E-state index in [0.717, 1.165) is 27.7 Å². The van der Waals surface area contributed by atoms with Gasteiger partial charge in [0.25, 0.3) is 0 Å². The molecule has 0 aliphatic carbocycles. The molecule has 3 nitrogen and oxygen atoms in total. The number of rotatable bonds is 4. The second-order valence-electron chi connectivity index (χ2n) is 4.20. The number of nitrogens with zero attached hydrogens (tertiary/aromatic N) is 1. The van der Waals surface area contributed by atoms with Gasteiger partial charge in [-0.25, -0.2) is 4.98 Å². The standard InChI is InChI=1S/C13H16ClN3S/c1-8-13(18-9(2)16-8)12(17-15)7-10-5-3-4-6-11(10)14/h3-6,12,17H,7,15H2,1-2H3. The van der Waals surface area contributed by atoms with E-state index in [2.05, 4.69) is 10.4 Å². The summed E-state index contributed by atoms with van der Waals surface area (Å²) < 4.78 is 0. The van der Waals surface area contributed by atoms with Crippen molar-refractivity contribution >= 4 is 22.9 Å². The van der Waals surface area contributed by atoms with E-state index in [1.165, 1.54) is 4.88 Å². The van der Waals surface area contributed by atoms with E-state index in [0.29, 0.717) is 0 Å². The zero-order valence-electron chi connectivity index (χ0n) is 10.4. The molecular formula is C13H16ClN3S. The van der Waals surface area contributed by atoms with Crippen LogP contribution in [0.25, 0.3) is 0 Å². The lowest BCUT2D eigenvalue weighted by atomic mass is 10.0. The topological polar surface area (TPSA) is 50.9 Å². The van der Waals surface area contributed by atoms with Crippen LogP contribution in [0.2, 0.25) is 5.02 Å². The first-order valence-electron chi connectivity index (χ1n) is 5.75. The fraction of sp³-hybridized carbons (Fsp3) is 0.308. The van der Waals surface area contributed by atoms with Gasteiger partial charge in [-0.05, 0) is 31.9 Å². The number of hydrogen-bond donors (Lipinski definition) is 2. The lowest BCUT2D eigenvalue weighted by Gasteiger charge is -2.15. The molecule has 1 aromatic carbocycles. The molecule has 1 aromatic heterocycles. The van der Waals surface area contributed by atoms with Gasteiger partial charge in [0.15, 0.2) is 0 Å². The minimum absolute atomic E-state index is 0.0519. The summed E-state index contributed by atoms with van der Waals surface area (Å²) in [5.41, 5.74) is 4.99. The fourth-order valence-corrected chi connectivity index (χ4v) is 3.18. The molecule has 1 atom stereocenters. The highest BCUT2D eigenvalue weighted by atomic mass is 35.5. The Morgan fingerprint density at radius 2 is 2.11 bits per heavy atom.